The van der Waals surface area contributed by atoms with E-state index in [0.29, 0.717) is 23.4 Å². The van der Waals surface area contributed by atoms with E-state index in [-0.39, 0.29) is 11.8 Å². The maximum atomic E-state index is 12.8. The minimum absolute atomic E-state index is 0.178. The van der Waals surface area contributed by atoms with E-state index < -0.39 is 0 Å². The molecule has 0 unspecified atom stereocenters. The molecule has 0 saturated heterocycles. The normalized spacial score (nSPS) is 10.8. The van der Waals surface area contributed by atoms with Crippen molar-refractivity contribution in [3.63, 3.8) is 0 Å². The van der Waals surface area contributed by atoms with Crippen LogP contribution < -0.4 is 10.6 Å². The Bertz CT molecular complexity index is 1060. The lowest BCUT2D eigenvalue weighted by molar-refractivity contribution is 0.0949. The van der Waals surface area contributed by atoms with Gasteiger partial charge in [0.2, 0.25) is 0 Å². The molecule has 3 aromatic carbocycles. The number of carbonyl (C=O) groups is 2. The second-order valence-corrected chi connectivity index (χ2v) is 8.37. The highest BCUT2D eigenvalue weighted by Gasteiger charge is 2.11. The largest absolute Gasteiger partial charge is 0.348 e. The van der Waals surface area contributed by atoms with Crippen LogP contribution in [0.5, 0.6) is 0 Å². The summed E-state index contributed by atoms with van der Waals surface area (Å²) in [5.41, 5.74) is 3.94. The minimum atomic E-state index is -0.222. The van der Waals surface area contributed by atoms with Crippen molar-refractivity contribution in [2.75, 3.05) is 18.4 Å². The zero-order valence-corrected chi connectivity index (χ0v) is 20.0. The van der Waals surface area contributed by atoms with Crippen molar-refractivity contribution in [2.24, 2.45) is 0 Å². The van der Waals surface area contributed by atoms with Crippen molar-refractivity contribution in [1.82, 2.24) is 10.2 Å². The molecule has 0 bridgehead atoms. The summed E-state index contributed by atoms with van der Waals surface area (Å²) in [6.45, 7) is 7.57. The van der Waals surface area contributed by atoms with Crippen LogP contribution in [0.25, 0.3) is 0 Å². The molecule has 2 N–H and O–H groups in total. The van der Waals surface area contributed by atoms with E-state index in [1.165, 1.54) is 5.56 Å². The van der Waals surface area contributed by atoms with Crippen LogP contribution in [0.1, 0.15) is 45.7 Å². The van der Waals surface area contributed by atoms with E-state index in [2.05, 4.69) is 51.4 Å². The summed E-state index contributed by atoms with van der Waals surface area (Å²) < 4.78 is 0.909. The van der Waals surface area contributed by atoms with Gasteiger partial charge in [0.05, 0.1) is 0 Å². The lowest BCUT2D eigenvalue weighted by atomic mass is 10.1. The molecule has 3 aromatic rings. The number of halogens is 1. The van der Waals surface area contributed by atoms with Gasteiger partial charge in [0, 0.05) is 34.4 Å². The van der Waals surface area contributed by atoms with Gasteiger partial charge in [-0.3, -0.25) is 14.5 Å². The van der Waals surface area contributed by atoms with Gasteiger partial charge in [-0.2, -0.15) is 0 Å². The molecule has 0 saturated carbocycles. The predicted octanol–water partition coefficient (Wildman–Crippen LogP) is 5.47. The maximum Gasteiger partial charge on any atom is 0.255 e. The first kappa shape index (κ1) is 23.7. The van der Waals surface area contributed by atoms with Gasteiger partial charge in [0.25, 0.3) is 11.8 Å². The predicted molar refractivity (Wildman–Crippen MR) is 133 cm³/mol. The van der Waals surface area contributed by atoms with Gasteiger partial charge >= 0.3 is 0 Å². The highest BCUT2D eigenvalue weighted by atomic mass is 79.9. The van der Waals surface area contributed by atoms with E-state index in [1.54, 1.807) is 36.4 Å². The summed E-state index contributed by atoms with van der Waals surface area (Å²) in [6.07, 6.45) is 0. The van der Waals surface area contributed by atoms with Gasteiger partial charge in [-0.15, -0.1) is 0 Å². The molecular formula is C26H28BrN3O2. The summed E-state index contributed by atoms with van der Waals surface area (Å²) in [4.78, 5) is 27.6. The molecule has 0 aliphatic heterocycles. The Morgan fingerprint density at radius 2 is 1.50 bits per heavy atom. The molecule has 3 rings (SSSR count). The second kappa shape index (κ2) is 11.6. The molecule has 5 nitrogen and oxygen atoms in total. The monoisotopic (exact) mass is 493 g/mol. The lowest BCUT2D eigenvalue weighted by Crippen LogP contribution is -2.26. The smallest absolute Gasteiger partial charge is 0.255 e. The Kier molecular flexibility index (Phi) is 8.59. The third kappa shape index (κ3) is 6.52. The van der Waals surface area contributed by atoms with Gasteiger partial charge in [-0.1, -0.05) is 60.1 Å². The first-order valence-electron chi connectivity index (χ1n) is 10.7. The van der Waals surface area contributed by atoms with E-state index in [4.69, 9.17) is 0 Å². The number of nitrogens with zero attached hydrogens (tertiary/aromatic N) is 1. The standard InChI is InChI=1S/C26H28BrN3O2/c1-3-30(4-2)18-22-9-6-5-8-21(22)17-28-25(31)20-10-7-11-24(16-20)29-26(32)19-12-14-23(27)15-13-19/h5-16H,3-4,17-18H2,1-2H3,(H,28,31)(H,29,32). The fourth-order valence-electron chi connectivity index (χ4n) is 3.39. The van der Waals surface area contributed by atoms with E-state index >= 15 is 0 Å². The fraction of sp³-hybridized carbons (Fsp3) is 0.231. The Morgan fingerprint density at radius 3 is 2.19 bits per heavy atom. The van der Waals surface area contributed by atoms with E-state index in [0.717, 1.165) is 29.7 Å². The van der Waals surface area contributed by atoms with Crippen molar-refractivity contribution in [3.05, 3.63) is 99.5 Å². The average molecular weight is 494 g/mol. The number of anilines is 1. The van der Waals surface area contributed by atoms with E-state index in [1.807, 2.05) is 30.3 Å². The lowest BCUT2D eigenvalue weighted by Gasteiger charge is -2.20. The van der Waals surface area contributed by atoms with Crippen LogP contribution in [0, 0.1) is 0 Å². The van der Waals surface area contributed by atoms with Gasteiger partial charge < -0.3 is 10.6 Å². The summed E-state index contributed by atoms with van der Waals surface area (Å²) in [6, 6.07) is 22.3. The molecule has 6 heteroatoms. The topological polar surface area (TPSA) is 61.4 Å². The Balaban J connectivity index is 1.64. The van der Waals surface area contributed by atoms with Gasteiger partial charge in [-0.25, -0.2) is 0 Å². The number of nitrogens with one attached hydrogen (secondary N) is 2. The van der Waals surface area contributed by atoms with Crippen molar-refractivity contribution in [1.29, 1.82) is 0 Å². The molecule has 0 radical (unpaired) electrons. The number of rotatable bonds is 9. The average Bonchev–Trinajstić information content (AvgIpc) is 2.82. The van der Waals surface area contributed by atoms with Crippen LogP contribution in [-0.4, -0.2) is 29.8 Å². The van der Waals surface area contributed by atoms with Gasteiger partial charge in [-0.05, 0) is 66.7 Å². The zero-order chi connectivity index (χ0) is 22.9. The Hall–Kier alpha value is -2.96. The Labute approximate surface area is 198 Å². The first-order valence-corrected chi connectivity index (χ1v) is 11.5. The fourth-order valence-corrected chi connectivity index (χ4v) is 3.66. The SMILES string of the molecule is CCN(CC)Cc1ccccc1CNC(=O)c1cccc(NC(=O)c2ccc(Br)cc2)c1. The molecule has 0 atom stereocenters. The number of carbonyl (C=O) groups excluding carboxylic acids is 2. The minimum Gasteiger partial charge on any atom is -0.348 e. The maximum absolute atomic E-state index is 12.8. The zero-order valence-electron chi connectivity index (χ0n) is 18.4. The molecule has 0 spiro atoms. The van der Waals surface area contributed by atoms with Crippen LogP contribution in [0.15, 0.2) is 77.3 Å². The van der Waals surface area contributed by atoms with Gasteiger partial charge in [0.1, 0.15) is 0 Å². The second-order valence-electron chi connectivity index (χ2n) is 7.45. The van der Waals surface area contributed by atoms with Crippen LogP contribution in [0.2, 0.25) is 0 Å². The van der Waals surface area contributed by atoms with Crippen molar-refractivity contribution >= 4 is 33.4 Å². The van der Waals surface area contributed by atoms with E-state index in [9.17, 15) is 9.59 Å². The van der Waals surface area contributed by atoms with Gasteiger partial charge in [0.15, 0.2) is 0 Å². The summed E-state index contributed by atoms with van der Waals surface area (Å²) in [5, 5.41) is 5.86. The van der Waals surface area contributed by atoms with Crippen molar-refractivity contribution in [3.8, 4) is 0 Å². The molecule has 0 aliphatic carbocycles. The summed E-state index contributed by atoms with van der Waals surface area (Å²) in [5.74, 6) is -0.400. The van der Waals surface area contributed by atoms with Crippen LogP contribution >= 0.6 is 15.9 Å². The first-order chi connectivity index (χ1) is 15.5. The van der Waals surface area contributed by atoms with Crippen molar-refractivity contribution < 1.29 is 9.59 Å². The third-order valence-electron chi connectivity index (χ3n) is 5.34. The molecule has 166 valence electrons. The van der Waals surface area contributed by atoms with Crippen LogP contribution in [0.3, 0.4) is 0 Å². The third-order valence-corrected chi connectivity index (χ3v) is 5.86. The molecule has 0 heterocycles. The number of hydrogen-bond acceptors (Lipinski definition) is 3. The molecule has 0 aromatic heterocycles. The summed E-state index contributed by atoms with van der Waals surface area (Å²) in [7, 11) is 0. The molecular weight excluding hydrogens is 466 g/mol. The van der Waals surface area contributed by atoms with Crippen LogP contribution in [-0.2, 0) is 13.1 Å². The van der Waals surface area contributed by atoms with Crippen molar-refractivity contribution in [2.45, 2.75) is 26.9 Å². The molecule has 2 amide bonds. The Morgan fingerprint density at radius 1 is 0.812 bits per heavy atom. The number of amides is 2. The van der Waals surface area contributed by atoms with Crippen LogP contribution in [0.4, 0.5) is 5.69 Å². The molecule has 32 heavy (non-hydrogen) atoms. The quantitative estimate of drug-likeness (QED) is 0.415. The highest BCUT2D eigenvalue weighted by Crippen LogP contribution is 2.16. The summed E-state index contributed by atoms with van der Waals surface area (Å²) >= 11 is 3.36. The molecule has 0 aliphatic rings. The highest BCUT2D eigenvalue weighted by molar-refractivity contribution is 9.10. The molecule has 0 fully saturated rings. The number of hydrogen-bond donors (Lipinski definition) is 2. The number of benzene rings is 3.